The van der Waals surface area contributed by atoms with E-state index in [-0.39, 0.29) is 11.4 Å². The average molecular weight is 258 g/mol. The Hall–Kier alpha value is -1.57. The molecule has 0 bridgehead atoms. The minimum absolute atomic E-state index is 0.00949. The first-order valence-corrected chi connectivity index (χ1v) is 6.82. The molecule has 2 heteroatoms. The maximum atomic E-state index is 11.3. The third-order valence-electron chi connectivity index (χ3n) is 4.54. The van der Waals surface area contributed by atoms with Gasteiger partial charge in [0, 0.05) is 17.9 Å². The third-order valence-corrected chi connectivity index (χ3v) is 4.54. The number of carbonyl (C=O) groups excluding carboxylic acids is 1. The summed E-state index contributed by atoms with van der Waals surface area (Å²) in [5, 5.41) is 0. The number of allylic oxidation sites excluding steroid dienone is 1. The Morgan fingerprint density at radius 1 is 1.47 bits per heavy atom. The largest absolute Gasteiger partial charge is 0.426 e. The number of rotatable bonds is 2. The van der Waals surface area contributed by atoms with Gasteiger partial charge in [0.1, 0.15) is 5.75 Å². The number of esters is 1. The van der Waals surface area contributed by atoms with Gasteiger partial charge in [0.05, 0.1) is 0 Å². The third kappa shape index (κ3) is 2.44. The van der Waals surface area contributed by atoms with E-state index in [1.165, 1.54) is 12.5 Å². The molecule has 2 unspecified atom stereocenters. The fourth-order valence-corrected chi connectivity index (χ4v) is 3.01. The second-order valence-electron chi connectivity index (χ2n) is 5.89. The maximum Gasteiger partial charge on any atom is 0.308 e. The molecule has 2 atom stereocenters. The summed E-state index contributed by atoms with van der Waals surface area (Å²) in [5.74, 6) is 0.848. The highest BCUT2D eigenvalue weighted by Crippen LogP contribution is 2.50. The molecule has 19 heavy (non-hydrogen) atoms. The highest BCUT2D eigenvalue weighted by molar-refractivity contribution is 5.70. The molecular weight excluding hydrogens is 236 g/mol. The molecule has 0 spiro atoms. The standard InChI is InChI=1S/C17H22O2/c1-11-6-7-15(16(10-11)19-14(4)18)17(5)9-8-12(2)13(17)3/h6-7,10,13H,2,8-9H2,1,3-5H3. The summed E-state index contributed by atoms with van der Waals surface area (Å²) < 4.78 is 5.42. The van der Waals surface area contributed by atoms with Crippen LogP contribution in [0, 0.1) is 12.8 Å². The lowest BCUT2D eigenvalue weighted by atomic mass is 9.73. The predicted molar refractivity (Wildman–Crippen MR) is 77.4 cm³/mol. The lowest BCUT2D eigenvalue weighted by Crippen LogP contribution is -2.26. The van der Waals surface area contributed by atoms with Crippen LogP contribution in [-0.2, 0) is 10.2 Å². The summed E-state index contributed by atoms with van der Waals surface area (Å²) in [6, 6.07) is 6.14. The summed E-state index contributed by atoms with van der Waals surface area (Å²) in [5.41, 5.74) is 3.53. The van der Waals surface area contributed by atoms with Crippen molar-refractivity contribution in [3.63, 3.8) is 0 Å². The summed E-state index contributed by atoms with van der Waals surface area (Å²) >= 11 is 0. The number of hydrogen-bond acceptors (Lipinski definition) is 2. The van der Waals surface area contributed by atoms with Crippen molar-refractivity contribution >= 4 is 5.97 Å². The van der Waals surface area contributed by atoms with Crippen LogP contribution in [-0.4, -0.2) is 5.97 Å². The molecule has 102 valence electrons. The minimum atomic E-state index is -0.264. The zero-order valence-corrected chi connectivity index (χ0v) is 12.2. The second-order valence-corrected chi connectivity index (χ2v) is 5.89. The van der Waals surface area contributed by atoms with E-state index in [1.54, 1.807) is 0 Å². The zero-order chi connectivity index (χ0) is 14.2. The van der Waals surface area contributed by atoms with E-state index in [0.29, 0.717) is 11.7 Å². The summed E-state index contributed by atoms with van der Waals surface area (Å²) in [6.45, 7) is 12.1. The van der Waals surface area contributed by atoms with Crippen LogP contribution >= 0.6 is 0 Å². The van der Waals surface area contributed by atoms with E-state index in [2.05, 4.69) is 32.6 Å². The molecule has 0 heterocycles. The molecule has 0 aromatic heterocycles. The number of benzene rings is 1. The second kappa shape index (κ2) is 4.84. The normalized spacial score (nSPS) is 26.5. The molecule has 0 amide bonds. The van der Waals surface area contributed by atoms with Crippen LogP contribution in [0.2, 0.25) is 0 Å². The Labute approximate surface area is 115 Å². The van der Waals surface area contributed by atoms with Crippen LogP contribution in [0.25, 0.3) is 0 Å². The van der Waals surface area contributed by atoms with Crippen molar-refractivity contribution in [1.82, 2.24) is 0 Å². The van der Waals surface area contributed by atoms with Gasteiger partial charge in [-0.05, 0) is 37.3 Å². The molecule has 0 saturated heterocycles. The van der Waals surface area contributed by atoms with E-state index in [9.17, 15) is 4.79 Å². The highest BCUT2D eigenvalue weighted by atomic mass is 16.5. The fourth-order valence-electron chi connectivity index (χ4n) is 3.01. The molecule has 0 aliphatic heterocycles. The molecule has 1 aromatic carbocycles. The summed E-state index contributed by atoms with van der Waals surface area (Å²) in [4.78, 5) is 11.3. The van der Waals surface area contributed by atoms with Gasteiger partial charge in [-0.3, -0.25) is 4.79 Å². The van der Waals surface area contributed by atoms with Gasteiger partial charge in [0.25, 0.3) is 0 Å². The molecule has 0 N–H and O–H groups in total. The molecule has 1 aromatic rings. The number of ether oxygens (including phenoxy) is 1. The van der Waals surface area contributed by atoms with Gasteiger partial charge in [0.15, 0.2) is 0 Å². The van der Waals surface area contributed by atoms with E-state index in [4.69, 9.17) is 4.74 Å². The molecule has 1 saturated carbocycles. The number of aryl methyl sites for hydroxylation is 1. The average Bonchev–Trinajstić information content (AvgIpc) is 2.57. The van der Waals surface area contributed by atoms with Gasteiger partial charge in [-0.1, -0.05) is 38.1 Å². The number of carbonyl (C=O) groups is 1. The predicted octanol–water partition coefficient (Wildman–Crippen LogP) is 4.16. The van der Waals surface area contributed by atoms with E-state index >= 15 is 0 Å². The van der Waals surface area contributed by atoms with Gasteiger partial charge in [0.2, 0.25) is 0 Å². The quantitative estimate of drug-likeness (QED) is 0.452. The van der Waals surface area contributed by atoms with Crippen LogP contribution in [0.4, 0.5) is 0 Å². The maximum absolute atomic E-state index is 11.3. The Morgan fingerprint density at radius 3 is 2.68 bits per heavy atom. The van der Waals surface area contributed by atoms with E-state index in [0.717, 1.165) is 24.0 Å². The first-order valence-electron chi connectivity index (χ1n) is 6.82. The van der Waals surface area contributed by atoms with Crippen molar-refractivity contribution in [2.24, 2.45) is 5.92 Å². The van der Waals surface area contributed by atoms with Gasteiger partial charge in [-0.25, -0.2) is 0 Å². The van der Waals surface area contributed by atoms with Crippen LogP contribution < -0.4 is 4.74 Å². The molecule has 2 rings (SSSR count). The van der Waals surface area contributed by atoms with Crippen LogP contribution in [0.5, 0.6) is 5.75 Å². The topological polar surface area (TPSA) is 26.3 Å². The molecular formula is C17H22O2. The first kappa shape index (κ1) is 13.9. The van der Waals surface area contributed by atoms with Gasteiger partial charge in [-0.2, -0.15) is 0 Å². The van der Waals surface area contributed by atoms with Crippen LogP contribution in [0.1, 0.15) is 44.7 Å². The van der Waals surface area contributed by atoms with Crippen molar-refractivity contribution in [1.29, 1.82) is 0 Å². The Morgan fingerprint density at radius 2 is 2.16 bits per heavy atom. The molecule has 0 radical (unpaired) electrons. The van der Waals surface area contributed by atoms with Crippen LogP contribution in [0.3, 0.4) is 0 Å². The lowest BCUT2D eigenvalue weighted by Gasteiger charge is -2.31. The fraction of sp³-hybridized carbons (Fsp3) is 0.471. The molecule has 1 fully saturated rings. The minimum Gasteiger partial charge on any atom is -0.426 e. The van der Waals surface area contributed by atoms with Crippen molar-refractivity contribution in [3.05, 3.63) is 41.5 Å². The lowest BCUT2D eigenvalue weighted by molar-refractivity contribution is -0.131. The number of hydrogen-bond donors (Lipinski definition) is 0. The summed E-state index contributed by atoms with van der Waals surface area (Å²) in [6.07, 6.45) is 2.11. The van der Waals surface area contributed by atoms with Crippen molar-refractivity contribution in [2.45, 2.75) is 46.0 Å². The molecule has 2 nitrogen and oxygen atoms in total. The zero-order valence-electron chi connectivity index (χ0n) is 12.2. The SMILES string of the molecule is C=C1CCC(C)(c2ccc(C)cc2OC(C)=O)C1C. The van der Waals surface area contributed by atoms with Crippen LogP contribution in [0.15, 0.2) is 30.4 Å². The van der Waals surface area contributed by atoms with Gasteiger partial charge in [-0.15, -0.1) is 0 Å². The van der Waals surface area contributed by atoms with E-state index < -0.39 is 0 Å². The Balaban J connectivity index is 2.49. The van der Waals surface area contributed by atoms with Crippen molar-refractivity contribution in [2.75, 3.05) is 0 Å². The smallest absolute Gasteiger partial charge is 0.308 e. The monoisotopic (exact) mass is 258 g/mol. The first-order chi connectivity index (χ1) is 8.84. The van der Waals surface area contributed by atoms with Gasteiger partial charge < -0.3 is 4.74 Å². The molecule has 1 aliphatic rings. The van der Waals surface area contributed by atoms with E-state index in [1.807, 2.05) is 13.0 Å². The van der Waals surface area contributed by atoms with Crippen molar-refractivity contribution < 1.29 is 9.53 Å². The Kier molecular flexibility index (Phi) is 3.53. The Bertz CT molecular complexity index is 530. The highest BCUT2D eigenvalue weighted by Gasteiger charge is 2.41. The van der Waals surface area contributed by atoms with Crippen molar-refractivity contribution in [3.8, 4) is 5.75 Å². The van der Waals surface area contributed by atoms with Gasteiger partial charge >= 0.3 is 5.97 Å². The molecule has 1 aliphatic carbocycles. The summed E-state index contributed by atoms with van der Waals surface area (Å²) in [7, 11) is 0.